The summed E-state index contributed by atoms with van der Waals surface area (Å²) in [4.78, 5) is 17.7. The zero-order chi connectivity index (χ0) is 17.4. The van der Waals surface area contributed by atoms with Gasteiger partial charge in [0.2, 0.25) is 4.96 Å². The Balaban J connectivity index is 1.82. The zero-order valence-electron chi connectivity index (χ0n) is 13.8. The SMILES string of the molecule is COc1cccc(/C=c2/sc3nc(-c4ccccc4C)nn3c2=O)c1. The predicted molar refractivity (Wildman–Crippen MR) is 99.1 cm³/mol. The number of rotatable bonds is 3. The molecular formula is C19H15N3O2S. The van der Waals surface area contributed by atoms with Crippen molar-refractivity contribution in [2.24, 2.45) is 0 Å². The van der Waals surface area contributed by atoms with Crippen LogP contribution in [0.15, 0.2) is 53.3 Å². The number of nitrogens with zero attached hydrogens (tertiary/aromatic N) is 3. The van der Waals surface area contributed by atoms with E-state index in [2.05, 4.69) is 10.1 Å². The molecule has 2 aromatic carbocycles. The van der Waals surface area contributed by atoms with Crippen molar-refractivity contribution in [1.29, 1.82) is 0 Å². The summed E-state index contributed by atoms with van der Waals surface area (Å²) < 4.78 is 7.19. The number of fused-ring (bicyclic) bond motifs is 1. The lowest BCUT2D eigenvalue weighted by Crippen LogP contribution is -2.23. The van der Waals surface area contributed by atoms with Gasteiger partial charge in [-0.05, 0) is 36.3 Å². The lowest BCUT2D eigenvalue weighted by Gasteiger charge is -1.99. The van der Waals surface area contributed by atoms with E-state index in [1.807, 2.05) is 61.5 Å². The molecule has 0 spiro atoms. The summed E-state index contributed by atoms with van der Waals surface area (Å²) in [5, 5.41) is 4.40. The average molecular weight is 349 g/mol. The maximum Gasteiger partial charge on any atom is 0.291 e. The molecule has 0 radical (unpaired) electrons. The molecule has 0 saturated carbocycles. The molecule has 124 valence electrons. The molecule has 25 heavy (non-hydrogen) atoms. The molecule has 2 aromatic heterocycles. The van der Waals surface area contributed by atoms with Gasteiger partial charge in [-0.25, -0.2) is 0 Å². The van der Waals surface area contributed by atoms with E-state index in [0.29, 0.717) is 15.3 Å². The summed E-state index contributed by atoms with van der Waals surface area (Å²) in [5.41, 5.74) is 2.77. The number of thiazole rings is 1. The summed E-state index contributed by atoms with van der Waals surface area (Å²) in [6.45, 7) is 2.00. The fourth-order valence-electron chi connectivity index (χ4n) is 2.65. The van der Waals surface area contributed by atoms with Crippen molar-refractivity contribution in [2.45, 2.75) is 6.92 Å². The first-order chi connectivity index (χ1) is 12.2. The highest BCUT2D eigenvalue weighted by Crippen LogP contribution is 2.20. The number of aryl methyl sites for hydroxylation is 1. The van der Waals surface area contributed by atoms with Crippen LogP contribution < -0.4 is 14.8 Å². The van der Waals surface area contributed by atoms with Crippen LogP contribution in [0.1, 0.15) is 11.1 Å². The fourth-order valence-corrected chi connectivity index (χ4v) is 3.56. The van der Waals surface area contributed by atoms with Crippen molar-refractivity contribution in [1.82, 2.24) is 14.6 Å². The van der Waals surface area contributed by atoms with Crippen molar-refractivity contribution in [3.8, 4) is 17.1 Å². The largest absolute Gasteiger partial charge is 0.497 e. The molecule has 6 heteroatoms. The lowest BCUT2D eigenvalue weighted by molar-refractivity contribution is 0.414. The van der Waals surface area contributed by atoms with Crippen molar-refractivity contribution < 1.29 is 4.74 Å². The van der Waals surface area contributed by atoms with Crippen LogP contribution in [-0.2, 0) is 0 Å². The van der Waals surface area contributed by atoms with Crippen molar-refractivity contribution in [2.75, 3.05) is 7.11 Å². The van der Waals surface area contributed by atoms with E-state index < -0.39 is 0 Å². The Morgan fingerprint density at radius 2 is 2.00 bits per heavy atom. The molecule has 4 rings (SSSR count). The van der Waals surface area contributed by atoms with Gasteiger partial charge in [-0.15, -0.1) is 5.10 Å². The third-order valence-corrected chi connectivity index (χ3v) is 4.92. The monoisotopic (exact) mass is 349 g/mol. The van der Waals surface area contributed by atoms with Gasteiger partial charge < -0.3 is 4.74 Å². The first kappa shape index (κ1) is 15.5. The third kappa shape index (κ3) is 2.81. The number of aromatic nitrogens is 3. The second kappa shape index (κ2) is 6.14. The van der Waals surface area contributed by atoms with E-state index in [0.717, 1.165) is 22.4 Å². The van der Waals surface area contributed by atoms with Crippen molar-refractivity contribution in [3.63, 3.8) is 0 Å². The van der Waals surface area contributed by atoms with Gasteiger partial charge in [0.05, 0.1) is 11.6 Å². The van der Waals surface area contributed by atoms with Crippen molar-refractivity contribution >= 4 is 22.4 Å². The normalized spacial score (nSPS) is 12.0. The van der Waals surface area contributed by atoms with E-state index in [1.165, 1.54) is 15.9 Å². The first-order valence-electron chi connectivity index (χ1n) is 7.77. The molecule has 0 N–H and O–H groups in total. The smallest absolute Gasteiger partial charge is 0.291 e. The van der Waals surface area contributed by atoms with Gasteiger partial charge in [0, 0.05) is 5.56 Å². The van der Waals surface area contributed by atoms with Crippen LogP contribution >= 0.6 is 11.3 Å². The number of benzene rings is 2. The van der Waals surface area contributed by atoms with Crippen LogP contribution in [0.25, 0.3) is 22.4 Å². The topological polar surface area (TPSA) is 56.5 Å². The van der Waals surface area contributed by atoms with E-state index >= 15 is 0 Å². The van der Waals surface area contributed by atoms with Crippen LogP contribution in [0.4, 0.5) is 0 Å². The Kier molecular flexibility index (Phi) is 3.82. The number of hydrogen-bond acceptors (Lipinski definition) is 5. The van der Waals surface area contributed by atoms with E-state index in [4.69, 9.17) is 4.74 Å². The molecule has 0 atom stereocenters. The average Bonchev–Trinajstić information content (AvgIpc) is 3.15. The summed E-state index contributed by atoms with van der Waals surface area (Å²) in [6, 6.07) is 15.4. The Morgan fingerprint density at radius 3 is 2.76 bits per heavy atom. The van der Waals surface area contributed by atoms with Gasteiger partial charge in [-0.1, -0.05) is 47.7 Å². The van der Waals surface area contributed by atoms with Gasteiger partial charge in [0.25, 0.3) is 5.56 Å². The van der Waals surface area contributed by atoms with E-state index in [-0.39, 0.29) is 5.56 Å². The van der Waals surface area contributed by atoms with Gasteiger partial charge in [0.1, 0.15) is 5.75 Å². The number of hydrogen-bond donors (Lipinski definition) is 0. The molecule has 0 bridgehead atoms. The molecule has 0 fully saturated rings. The van der Waals surface area contributed by atoms with Crippen LogP contribution in [0.2, 0.25) is 0 Å². The molecule has 0 aliphatic carbocycles. The Morgan fingerprint density at radius 1 is 1.16 bits per heavy atom. The number of ether oxygens (including phenoxy) is 1. The first-order valence-corrected chi connectivity index (χ1v) is 8.59. The Labute approximate surface area is 147 Å². The molecule has 5 nitrogen and oxygen atoms in total. The molecule has 0 aliphatic heterocycles. The molecule has 0 unspecified atom stereocenters. The minimum atomic E-state index is -0.157. The lowest BCUT2D eigenvalue weighted by atomic mass is 10.1. The highest BCUT2D eigenvalue weighted by molar-refractivity contribution is 7.15. The summed E-state index contributed by atoms with van der Waals surface area (Å²) in [5.74, 6) is 1.33. The van der Waals surface area contributed by atoms with Gasteiger partial charge >= 0.3 is 0 Å². The second-order valence-electron chi connectivity index (χ2n) is 5.64. The highest BCUT2D eigenvalue weighted by Gasteiger charge is 2.13. The third-order valence-electron chi connectivity index (χ3n) is 3.96. The highest BCUT2D eigenvalue weighted by atomic mass is 32.1. The van der Waals surface area contributed by atoms with Crippen LogP contribution in [0.5, 0.6) is 5.75 Å². The summed E-state index contributed by atoms with van der Waals surface area (Å²) in [7, 11) is 1.62. The van der Waals surface area contributed by atoms with Gasteiger partial charge in [0.15, 0.2) is 5.82 Å². The van der Waals surface area contributed by atoms with Gasteiger partial charge in [-0.2, -0.15) is 9.50 Å². The van der Waals surface area contributed by atoms with Crippen LogP contribution in [-0.4, -0.2) is 21.7 Å². The quantitative estimate of drug-likeness (QED) is 0.571. The maximum atomic E-state index is 12.6. The van der Waals surface area contributed by atoms with Crippen LogP contribution in [0.3, 0.4) is 0 Å². The Bertz CT molecular complexity index is 1180. The van der Waals surface area contributed by atoms with Crippen molar-refractivity contribution in [3.05, 3.63) is 74.5 Å². The number of methoxy groups -OCH3 is 1. The van der Waals surface area contributed by atoms with E-state index in [1.54, 1.807) is 7.11 Å². The molecule has 0 amide bonds. The summed E-state index contributed by atoms with van der Waals surface area (Å²) >= 11 is 1.33. The minimum absolute atomic E-state index is 0.157. The minimum Gasteiger partial charge on any atom is -0.497 e. The fraction of sp³-hybridized carbons (Fsp3) is 0.105. The van der Waals surface area contributed by atoms with Gasteiger partial charge in [-0.3, -0.25) is 4.79 Å². The summed E-state index contributed by atoms with van der Waals surface area (Å²) in [6.07, 6.45) is 1.83. The van der Waals surface area contributed by atoms with E-state index in [9.17, 15) is 4.79 Å². The Hall–Kier alpha value is -2.99. The second-order valence-corrected chi connectivity index (χ2v) is 6.65. The standard InChI is InChI=1S/C19H15N3O2S/c1-12-6-3-4-9-15(12)17-20-19-22(21-17)18(23)16(25-19)11-13-7-5-8-14(10-13)24-2/h3-11H,1-2H3/b16-11+. The molecule has 0 aliphatic rings. The zero-order valence-corrected chi connectivity index (χ0v) is 14.6. The molecular weight excluding hydrogens is 334 g/mol. The predicted octanol–water partition coefficient (Wildman–Crippen LogP) is 2.68. The molecule has 4 aromatic rings. The maximum absolute atomic E-state index is 12.6. The molecule has 0 saturated heterocycles. The van der Waals surface area contributed by atoms with Crippen LogP contribution in [0, 0.1) is 6.92 Å². The molecule has 2 heterocycles.